The Kier molecular flexibility index (Phi) is 4.90. The molecule has 0 aliphatic carbocycles. The number of nitrogens with zero attached hydrogens (tertiary/aromatic N) is 1. The van der Waals surface area contributed by atoms with Crippen LogP contribution in [0, 0.1) is 5.82 Å². The first-order chi connectivity index (χ1) is 12.6. The first-order valence-electron chi connectivity index (χ1n) is 8.37. The van der Waals surface area contributed by atoms with Crippen LogP contribution in [0.15, 0.2) is 42.7 Å². The van der Waals surface area contributed by atoms with Crippen molar-refractivity contribution in [2.45, 2.75) is 37.8 Å². The smallest absolute Gasteiger partial charge is 0.302 e. The zero-order valence-corrected chi connectivity index (χ0v) is 16.0. The van der Waals surface area contributed by atoms with Crippen LogP contribution in [-0.2, 0) is 10.3 Å². The molecule has 1 atom stereocenters. The molecule has 1 aromatic carbocycles. The zero-order chi connectivity index (χ0) is 19.9. The summed E-state index contributed by atoms with van der Waals surface area (Å²) < 4.78 is 50.9. The molecule has 1 aliphatic rings. The maximum atomic E-state index is 15.4. The molecule has 3 rings (SSSR count). The standard InChI is InChI=1S/C19H20F3N3OS/c1-17(2)19(21,22)18(3,25-16(27)11-26-17)14-9-12(6-7-15(14)20)24-13-5-4-8-23-10-13/h4-10,24H,11H2,1-3H3,(H,25,27). The van der Waals surface area contributed by atoms with E-state index in [1.807, 2.05) is 0 Å². The number of anilines is 2. The third-order valence-electron chi connectivity index (χ3n) is 4.79. The van der Waals surface area contributed by atoms with Crippen LogP contribution < -0.4 is 10.6 Å². The lowest BCUT2D eigenvalue weighted by Gasteiger charge is -2.44. The highest BCUT2D eigenvalue weighted by Crippen LogP contribution is 2.48. The number of pyridine rings is 1. The average Bonchev–Trinajstić information content (AvgIpc) is 2.67. The Morgan fingerprint density at radius 2 is 1.93 bits per heavy atom. The van der Waals surface area contributed by atoms with E-state index in [0.717, 1.165) is 6.07 Å². The molecule has 1 unspecified atom stereocenters. The van der Waals surface area contributed by atoms with Crippen LogP contribution in [-0.4, -0.2) is 28.1 Å². The van der Waals surface area contributed by atoms with Crippen LogP contribution in [0.4, 0.5) is 24.5 Å². The highest BCUT2D eigenvalue weighted by atomic mass is 32.1. The molecule has 1 aliphatic heterocycles. The maximum absolute atomic E-state index is 15.4. The monoisotopic (exact) mass is 395 g/mol. The highest BCUT2D eigenvalue weighted by Gasteiger charge is 2.64. The predicted molar refractivity (Wildman–Crippen MR) is 102 cm³/mol. The largest absolute Gasteiger partial charge is 0.363 e. The van der Waals surface area contributed by atoms with Crippen LogP contribution in [0.5, 0.6) is 0 Å². The van der Waals surface area contributed by atoms with Crippen molar-refractivity contribution in [3.8, 4) is 0 Å². The number of nitrogens with one attached hydrogen (secondary N) is 2. The van der Waals surface area contributed by atoms with Crippen molar-refractivity contribution >= 4 is 28.6 Å². The normalized spacial score (nSPS) is 24.0. The van der Waals surface area contributed by atoms with E-state index in [1.54, 1.807) is 24.5 Å². The molecular weight excluding hydrogens is 375 g/mol. The van der Waals surface area contributed by atoms with E-state index in [-0.39, 0.29) is 17.2 Å². The van der Waals surface area contributed by atoms with Gasteiger partial charge in [-0.3, -0.25) is 4.98 Å². The highest BCUT2D eigenvalue weighted by molar-refractivity contribution is 7.80. The maximum Gasteiger partial charge on any atom is 0.302 e. The average molecular weight is 395 g/mol. The summed E-state index contributed by atoms with van der Waals surface area (Å²) >= 11 is 5.11. The Morgan fingerprint density at radius 3 is 2.59 bits per heavy atom. The van der Waals surface area contributed by atoms with Gasteiger partial charge in [-0.25, -0.2) is 13.2 Å². The van der Waals surface area contributed by atoms with E-state index in [9.17, 15) is 4.39 Å². The van der Waals surface area contributed by atoms with Gasteiger partial charge in [0.25, 0.3) is 0 Å². The minimum atomic E-state index is -3.46. The number of rotatable bonds is 3. The molecule has 0 bridgehead atoms. The summed E-state index contributed by atoms with van der Waals surface area (Å²) in [4.78, 5) is 4.08. The molecule has 4 nitrogen and oxygen atoms in total. The minimum Gasteiger partial charge on any atom is -0.363 e. The summed E-state index contributed by atoms with van der Waals surface area (Å²) in [5, 5.41) is 5.66. The van der Waals surface area contributed by atoms with Crippen LogP contribution >= 0.6 is 12.2 Å². The van der Waals surface area contributed by atoms with Gasteiger partial charge in [0.15, 0.2) is 0 Å². The molecular formula is C19H20F3N3OS. The number of hydrogen-bond acceptors (Lipinski definition) is 4. The number of ether oxygens (including phenoxy) is 1. The minimum absolute atomic E-state index is 0.0905. The quantitative estimate of drug-likeness (QED) is 0.747. The number of benzene rings is 1. The zero-order valence-electron chi connectivity index (χ0n) is 15.1. The lowest BCUT2D eigenvalue weighted by molar-refractivity contribution is -0.216. The van der Waals surface area contributed by atoms with Gasteiger partial charge in [-0.2, -0.15) is 0 Å². The molecule has 2 N–H and O–H groups in total. The Labute approximate surface area is 161 Å². The fourth-order valence-electron chi connectivity index (χ4n) is 3.16. The molecule has 2 aromatic rings. The van der Waals surface area contributed by atoms with Gasteiger partial charge in [0.1, 0.15) is 21.9 Å². The topological polar surface area (TPSA) is 46.2 Å². The van der Waals surface area contributed by atoms with Gasteiger partial charge in [0.2, 0.25) is 0 Å². The van der Waals surface area contributed by atoms with E-state index < -0.39 is 22.9 Å². The molecule has 0 radical (unpaired) electrons. The molecule has 1 aromatic heterocycles. The van der Waals surface area contributed by atoms with E-state index in [0.29, 0.717) is 11.4 Å². The SMILES string of the molecule is CC1(C)OCC(=S)NC(C)(c2cc(Nc3cccnc3)ccc2F)C1(F)F. The second-order valence-corrected chi connectivity index (χ2v) is 7.60. The number of alkyl halides is 2. The van der Waals surface area contributed by atoms with Gasteiger partial charge >= 0.3 is 5.92 Å². The molecule has 0 saturated carbocycles. The van der Waals surface area contributed by atoms with Crippen LogP contribution in [0.1, 0.15) is 26.3 Å². The Hall–Kier alpha value is -2.19. The second-order valence-electron chi connectivity index (χ2n) is 7.11. The lowest BCUT2D eigenvalue weighted by atomic mass is 9.77. The van der Waals surface area contributed by atoms with Crippen molar-refractivity contribution in [3.63, 3.8) is 0 Å². The van der Waals surface area contributed by atoms with Gasteiger partial charge in [-0.1, -0.05) is 12.2 Å². The third kappa shape index (κ3) is 3.39. The third-order valence-corrected chi connectivity index (χ3v) is 5.01. The summed E-state index contributed by atoms with van der Waals surface area (Å²) in [6.45, 7) is 3.62. The van der Waals surface area contributed by atoms with Crippen molar-refractivity contribution < 1.29 is 17.9 Å². The molecule has 27 heavy (non-hydrogen) atoms. The van der Waals surface area contributed by atoms with Crippen molar-refractivity contribution in [1.29, 1.82) is 0 Å². The fraction of sp³-hybridized carbons (Fsp3) is 0.368. The van der Waals surface area contributed by atoms with E-state index in [2.05, 4.69) is 15.6 Å². The molecule has 0 amide bonds. The van der Waals surface area contributed by atoms with Gasteiger partial charge in [-0.15, -0.1) is 0 Å². The molecule has 1 saturated heterocycles. The molecule has 1 fully saturated rings. The van der Waals surface area contributed by atoms with E-state index in [1.165, 1.54) is 32.9 Å². The molecule has 0 spiro atoms. The number of halogens is 3. The number of hydrogen-bond donors (Lipinski definition) is 2. The summed E-state index contributed by atoms with van der Waals surface area (Å²) in [5.74, 6) is -4.23. The molecule has 2 heterocycles. The van der Waals surface area contributed by atoms with E-state index >= 15 is 8.78 Å². The van der Waals surface area contributed by atoms with Gasteiger partial charge in [-0.05, 0) is 51.1 Å². The molecule has 144 valence electrons. The Morgan fingerprint density at radius 1 is 1.19 bits per heavy atom. The lowest BCUT2D eigenvalue weighted by Crippen LogP contribution is -2.62. The summed E-state index contributed by atoms with van der Waals surface area (Å²) in [7, 11) is 0. The second kappa shape index (κ2) is 6.76. The van der Waals surface area contributed by atoms with Gasteiger partial charge < -0.3 is 15.4 Å². The number of thiocarbonyl (C=S) groups is 1. The van der Waals surface area contributed by atoms with Crippen LogP contribution in [0.3, 0.4) is 0 Å². The Bertz CT molecular complexity index is 861. The van der Waals surface area contributed by atoms with Gasteiger partial charge in [0, 0.05) is 17.4 Å². The number of aromatic nitrogens is 1. The summed E-state index contributed by atoms with van der Waals surface area (Å²) in [6.07, 6.45) is 3.19. The van der Waals surface area contributed by atoms with Crippen molar-refractivity contribution in [2.24, 2.45) is 0 Å². The Balaban J connectivity index is 2.09. The van der Waals surface area contributed by atoms with Crippen LogP contribution in [0.25, 0.3) is 0 Å². The predicted octanol–water partition coefficient (Wildman–Crippen LogP) is 4.54. The first kappa shape index (κ1) is 19.6. The van der Waals surface area contributed by atoms with Crippen molar-refractivity contribution in [2.75, 3.05) is 11.9 Å². The summed E-state index contributed by atoms with van der Waals surface area (Å²) in [6, 6.07) is 7.48. The van der Waals surface area contributed by atoms with E-state index in [4.69, 9.17) is 17.0 Å². The van der Waals surface area contributed by atoms with Gasteiger partial charge in [0.05, 0.1) is 18.5 Å². The first-order valence-corrected chi connectivity index (χ1v) is 8.77. The molecule has 8 heteroatoms. The summed E-state index contributed by atoms with van der Waals surface area (Å²) in [5.41, 5.74) is -3.05. The van der Waals surface area contributed by atoms with Crippen molar-refractivity contribution in [3.05, 3.63) is 54.1 Å². The fourth-order valence-corrected chi connectivity index (χ4v) is 3.42. The van der Waals surface area contributed by atoms with Crippen LogP contribution in [0.2, 0.25) is 0 Å². The van der Waals surface area contributed by atoms with Crippen molar-refractivity contribution in [1.82, 2.24) is 10.3 Å².